The molecular formula is C16H20N2O2. The minimum absolute atomic E-state index is 0.261. The van der Waals surface area contributed by atoms with Crippen molar-refractivity contribution in [1.82, 2.24) is 9.78 Å². The maximum absolute atomic E-state index is 11.4. The number of nitrogens with zero attached hydrogens (tertiary/aromatic N) is 2. The van der Waals surface area contributed by atoms with Crippen LogP contribution in [-0.2, 0) is 5.41 Å². The van der Waals surface area contributed by atoms with Crippen molar-refractivity contribution < 1.29 is 9.90 Å². The topological polar surface area (TPSA) is 55.1 Å². The van der Waals surface area contributed by atoms with Gasteiger partial charge in [-0.3, -0.25) is 0 Å². The molecule has 0 unspecified atom stereocenters. The van der Waals surface area contributed by atoms with Gasteiger partial charge in [-0.2, -0.15) is 5.10 Å². The summed E-state index contributed by atoms with van der Waals surface area (Å²) in [6.45, 7) is 10.0. The summed E-state index contributed by atoms with van der Waals surface area (Å²) in [5.74, 6) is -0.939. The number of benzene rings is 1. The molecule has 4 heteroatoms. The molecule has 1 aromatic carbocycles. The monoisotopic (exact) mass is 272 g/mol. The lowest BCUT2D eigenvalue weighted by Gasteiger charge is -2.22. The highest BCUT2D eigenvalue weighted by Crippen LogP contribution is 2.28. The first kappa shape index (κ1) is 14.3. The van der Waals surface area contributed by atoms with Crippen LogP contribution in [0.15, 0.2) is 24.4 Å². The van der Waals surface area contributed by atoms with Crippen molar-refractivity contribution >= 4 is 5.97 Å². The Kier molecular flexibility index (Phi) is 3.42. The van der Waals surface area contributed by atoms with Crippen LogP contribution in [0.3, 0.4) is 0 Å². The summed E-state index contributed by atoms with van der Waals surface area (Å²) in [5, 5.41) is 13.6. The van der Waals surface area contributed by atoms with Gasteiger partial charge in [-0.1, -0.05) is 26.8 Å². The minimum Gasteiger partial charge on any atom is -0.478 e. The van der Waals surface area contributed by atoms with Gasteiger partial charge in [0, 0.05) is 5.41 Å². The molecule has 1 N–H and O–H groups in total. The third-order valence-corrected chi connectivity index (χ3v) is 3.16. The number of aryl methyl sites for hydroxylation is 2. The Balaban J connectivity index is 2.72. The Morgan fingerprint density at radius 3 is 2.15 bits per heavy atom. The molecule has 1 aromatic heterocycles. The van der Waals surface area contributed by atoms with E-state index in [4.69, 9.17) is 0 Å². The van der Waals surface area contributed by atoms with Gasteiger partial charge in [0.2, 0.25) is 0 Å². The van der Waals surface area contributed by atoms with E-state index in [9.17, 15) is 9.90 Å². The molecule has 2 rings (SSSR count). The molecule has 0 fully saturated rings. The zero-order valence-corrected chi connectivity index (χ0v) is 12.6. The molecule has 106 valence electrons. The zero-order chi connectivity index (χ0) is 15.1. The van der Waals surface area contributed by atoms with E-state index in [0.717, 1.165) is 22.5 Å². The quantitative estimate of drug-likeness (QED) is 0.910. The maximum atomic E-state index is 11.4. The SMILES string of the molecule is Cc1cc(C)cc(-n2ncc(C(=O)O)c2C(C)(C)C)c1. The molecule has 20 heavy (non-hydrogen) atoms. The van der Waals surface area contributed by atoms with Crippen molar-refractivity contribution in [2.75, 3.05) is 0 Å². The number of carboxylic acids is 1. The van der Waals surface area contributed by atoms with Crippen LogP contribution in [0, 0.1) is 13.8 Å². The van der Waals surface area contributed by atoms with E-state index < -0.39 is 5.97 Å². The second-order valence-corrected chi connectivity index (χ2v) is 6.22. The first-order chi connectivity index (χ1) is 9.20. The number of rotatable bonds is 2. The first-order valence-corrected chi connectivity index (χ1v) is 6.60. The van der Waals surface area contributed by atoms with Crippen LogP contribution in [0.25, 0.3) is 5.69 Å². The first-order valence-electron chi connectivity index (χ1n) is 6.60. The number of hydrogen-bond donors (Lipinski definition) is 1. The van der Waals surface area contributed by atoms with Crippen LogP contribution in [0.4, 0.5) is 0 Å². The van der Waals surface area contributed by atoms with Gasteiger partial charge in [-0.25, -0.2) is 9.48 Å². The molecule has 0 atom stereocenters. The van der Waals surface area contributed by atoms with Crippen molar-refractivity contribution in [2.45, 2.75) is 40.0 Å². The number of aromatic carboxylic acids is 1. The number of hydrogen-bond acceptors (Lipinski definition) is 2. The van der Waals surface area contributed by atoms with Crippen molar-refractivity contribution in [3.05, 3.63) is 46.8 Å². The Morgan fingerprint density at radius 2 is 1.70 bits per heavy atom. The van der Waals surface area contributed by atoms with Crippen molar-refractivity contribution in [1.29, 1.82) is 0 Å². The van der Waals surface area contributed by atoms with E-state index in [1.54, 1.807) is 4.68 Å². The van der Waals surface area contributed by atoms with Gasteiger partial charge in [-0.15, -0.1) is 0 Å². The smallest absolute Gasteiger partial charge is 0.339 e. The molecule has 0 saturated carbocycles. The van der Waals surface area contributed by atoms with Crippen LogP contribution in [0.1, 0.15) is 48.0 Å². The highest BCUT2D eigenvalue weighted by atomic mass is 16.4. The van der Waals surface area contributed by atoms with Gasteiger partial charge in [0.05, 0.1) is 17.6 Å². The van der Waals surface area contributed by atoms with Gasteiger partial charge in [0.1, 0.15) is 5.56 Å². The molecular weight excluding hydrogens is 252 g/mol. The molecule has 4 nitrogen and oxygen atoms in total. The summed E-state index contributed by atoms with van der Waals surface area (Å²) >= 11 is 0. The molecule has 0 radical (unpaired) electrons. The number of carboxylic acid groups (broad SMARTS) is 1. The summed E-state index contributed by atoms with van der Waals surface area (Å²) in [6.07, 6.45) is 1.43. The molecule has 1 heterocycles. The molecule has 0 bridgehead atoms. The van der Waals surface area contributed by atoms with Crippen LogP contribution >= 0.6 is 0 Å². The Morgan fingerprint density at radius 1 is 1.15 bits per heavy atom. The highest BCUT2D eigenvalue weighted by Gasteiger charge is 2.27. The summed E-state index contributed by atoms with van der Waals surface area (Å²) in [6, 6.07) is 6.11. The second kappa shape index (κ2) is 4.78. The van der Waals surface area contributed by atoms with E-state index in [1.807, 2.05) is 46.8 Å². The maximum Gasteiger partial charge on any atom is 0.339 e. The lowest BCUT2D eigenvalue weighted by molar-refractivity contribution is 0.0694. The van der Waals surface area contributed by atoms with Crippen LogP contribution in [-0.4, -0.2) is 20.9 Å². The summed E-state index contributed by atoms with van der Waals surface area (Å²) < 4.78 is 1.74. The fourth-order valence-electron chi connectivity index (χ4n) is 2.50. The Bertz CT molecular complexity index is 643. The third-order valence-electron chi connectivity index (χ3n) is 3.16. The van der Waals surface area contributed by atoms with Gasteiger partial charge < -0.3 is 5.11 Å². The average Bonchev–Trinajstić information content (AvgIpc) is 2.71. The minimum atomic E-state index is -0.939. The van der Waals surface area contributed by atoms with E-state index in [0.29, 0.717) is 0 Å². The van der Waals surface area contributed by atoms with E-state index in [-0.39, 0.29) is 11.0 Å². The average molecular weight is 272 g/mol. The molecule has 0 aliphatic carbocycles. The van der Waals surface area contributed by atoms with Gasteiger partial charge in [-0.05, 0) is 37.1 Å². The zero-order valence-electron chi connectivity index (χ0n) is 12.6. The fourth-order valence-corrected chi connectivity index (χ4v) is 2.50. The van der Waals surface area contributed by atoms with Crippen LogP contribution < -0.4 is 0 Å². The lowest BCUT2D eigenvalue weighted by Crippen LogP contribution is -2.21. The third kappa shape index (κ3) is 2.59. The predicted molar refractivity (Wildman–Crippen MR) is 78.7 cm³/mol. The lowest BCUT2D eigenvalue weighted by atomic mass is 9.89. The van der Waals surface area contributed by atoms with E-state index in [2.05, 4.69) is 11.2 Å². The van der Waals surface area contributed by atoms with Crippen LogP contribution in [0.5, 0.6) is 0 Å². The highest BCUT2D eigenvalue weighted by molar-refractivity contribution is 5.89. The fraction of sp³-hybridized carbons (Fsp3) is 0.375. The van der Waals surface area contributed by atoms with Gasteiger partial charge in [0.25, 0.3) is 0 Å². The Hall–Kier alpha value is -2.10. The largest absolute Gasteiger partial charge is 0.478 e. The summed E-state index contributed by atoms with van der Waals surface area (Å²) in [5.41, 5.74) is 3.84. The predicted octanol–water partition coefficient (Wildman–Crippen LogP) is 3.48. The van der Waals surface area contributed by atoms with E-state index in [1.165, 1.54) is 6.20 Å². The van der Waals surface area contributed by atoms with Crippen molar-refractivity contribution in [3.63, 3.8) is 0 Å². The standard InChI is InChI=1S/C16H20N2O2/c1-10-6-11(2)8-12(7-10)18-14(16(3,4)5)13(9-17-18)15(19)20/h6-9H,1-5H3,(H,19,20). The second-order valence-electron chi connectivity index (χ2n) is 6.22. The molecule has 0 amide bonds. The number of aromatic nitrogens is 2. The van der Waals surface area contributed by atoms with Crippen LogP contribution in [0.2, 0.25) is 0 Å². The van der Waals surface area contributed by atoms with E-state index >= 15 is 0 Å². The normalized spacial score (nSPS) is 11.7. The molecule has 2 aromatic rings. The summed E-state index contributed by atoms with van der Waals surface area (Å²) in [7, 11) is 0. The Labute approximate surface area is 119 Å². The molecule has 0 aliphatic rings. The molecule has 0 spiro atoms. The van der Waals surface area contributed by atoms with Crippen molar-refractivity contribution in [2.24, 2.45) is 0 Å². The van der Waals surface area contributed by atoms with Crippen molar-refractivity contribution in [3.8, 4) is 5.69 Å². The summed E-state index contributed by atoms with van der Waals surface area (Å²) in [4.78, 5) is 11.4. The van der Waals surface area contributed by atoms with Gasteiger partial charge in [0.15, 0.2) is 0 Å². The molecule has 0 aliphatic heterocycles. The number of carbonyl (C=O) groups is 1. The van der Waals surface area contributed by atoms with Gasteiger partial charge >= 0.3 is 5.97 Å². The molecule has 0 saturated heterocycles.